The van der Waals surface area contributed by atoms with Gasteiger partial charge < -0.3 is 19.1 Å². The minimum Gasteiger partial charge on any atom is -0.487 e. The molecule has 0 saturated carbocycles. The molecule has 29 heavy (non-hydrogen) atoms. The summed E-state index contributed by atoms with van der Waals surface area (Å²) >= 11 is 0. The molecule has 2 aromatic rings. The highest BCUT2D eigenvalue weighted by molar-refractivity contribution is 5.95. The van der Waals surface area contributed by atoms with Crippen LogP contribution in [0.25, 0.3) is 0 Å². The lowest BCUT2D eigenvalue weighted by atomic mass is 9.99. The molecule has 1 amide bonds. The molecule has 0 spiro atoms. The second-order valence-electron chi connectivity index (χ2n) is 7.87. The quantitative estimate of drug-likeness (QED) is 0.728. The predicted octanol–water partition coefficient (Wildman–Crippen LogP) is 3.96. The SMILES string of the molecule is COC(=O)c1cc(Oc2ccc(C(=O)N3CCC3)cc2F)c2c(c1)OC(C)(C)C2. The van der Waals surface area contributed by atoms with Gasteiger partial charge >= 0.3 is 5.97 Å². The third-order valence-electron chi connectivity index (χ3n) is 5.12. The van der Waals surface area contributed by atoms with E-state index in [9.17, 15) is 14.0 Å². The van der Waals surface area contributed by atoms with Gasteiger partial charge in [-0.05, 0) is 50.6 Å². The lowest BCUT2D eigenvalue weighted by molar-refractivity contribution is 0.0598. The first-order valence-electron chi connectivity index (χ1n) is 9.48. The number of carbonyl (C=O) groups excluding carboxylic acids is 2. The van der Waals surface area contributed by atoms with E-state index in [1.807, 2.05) is 13.8 Å². The lowest BCUT2D eigenvalue weighted by Gasteiger charge is -2.30. The first kappa shape index (κ1) is 19.2. The third-order valence-corrected chi connectivity index (χ3v) is 5.12. The highest BCUT2D eigenvalue weighted by Crippen LogP contribution is 2.43. The number of likely N-dealkylation sites (tertiary alicyclic amines) is 1. The van der Waals surface area contributed by atoms with E-state index in [1.165, 1.54) is 25.3 Å². The highest BCUT2D eigenvalue weighted by Gasteiger charge is 2.34. The third kappa shape index (κ3) is 3.64. The Labute approximate surface area is 168 Å². The van der Waals surface area contributed by atoms with Gasteiger partial charge in [0.15, 0.2) is 11.6 Å². The summed E-state index contributed by atoms with van der Waals surface area (Å²) < 4.78 is 31.2. The Bertz CT molecular complexity index is 997. The number of rotatable bonds is 4. The number of hydrogen-bond acceptors (Lipinski definition) is 5. The zero-order chi connectivity index (χ0) is 20.8. The maximum absolute atomic E-state index is 14.7. The van der Waals surface area contributed by atoms with Gasteiger partial charge in [0.25, 0.3) is 5.91 Å². The fraction of sp³-hybridized carbons (Fsp3) is 0.364. The molecule has 6 nitrogen and oxygen atoms in total. The zero-order valence-electron chi connectivity index (χ0n) is 16.6. The van der Waals surface area contributed by atoms with E-state index in [0.29, 0.717) is 31.0 Å². The number of carbonyl (C=O) groups is 2. The molecule has 4 rings (SSSR count). The maximum Gasteiger partial charge on any atom is 0.338 e. The molecule has 0 radical (unpaired) electrons. The maximum atomic E-state index is 14.7. The average Bonchev–Trinajstić information content (AvgIpc) is 2.95. The molecule has 0 atom stereocenters. The van der Waals surface area contributed by atoms with Crippen molar-refractivity contribution in [2.75, 3.05) is 20.2 Å². The molecule has 0 aliphatic carbocycles. The molecule has 1 saturated heterocycles. The smallest absolute Gasteiger partial charge is 0.338 e. The van der Waals surface area contributed by atoms with Gasteiger partial charge in [0, 0.05) is 30.6 Å². The highest BCUT2D eigenvalue weighted by atomic mass is 19.1. The molecule has 1 fully saturated rings. The summed E-state index contributed by atoms with van der Waals surface area (Å²) in [6, 6.07) is 7.28. The predicted molar refractivity (Wildman–Crippen MR) is 103 cm³/mol. The van der Waals surface area contributed by atoms with Crippen molar-refractivity contribution in [3.05, 3.63) is 52.8 Å². The number of halogens is 1. The molecular formula is C22H22FNO5. The van der Waals surface area contributed by atoms with Gasteiger partial charge in [0.1, 0.15) is 17.1 Å². The van der Waals surface area contributed by atoms with Crippen LogP contribution in [0.3, 0.4) is 0 Å². The van der Waals surface area contributed by atoms with Crippen LogP contribution in [-0.4, -0.2) is 42.6 Å². The van der Waals surface area contributed by atoms with Gasteiger partial charge in [-0.25, -0.2) is 9.18 Å². The van der Waals surface area contributed by atoms with Gasteiger partial charge in [-0.3, -0.25) is 4.79 Å². The molecule has 7 heteroatoms. The van der Waals surface area contributed by atoms with Crippen LogP contribution in [0.2, 0.25) is 0 Å². The van der Waals surface area contributed by atoms with Crippen LogP contribution >= 0.6 is 0 Å². The van der Waals surface area contributed by atoms with E-state index in [1.54, 1.807) is 17.0 Å². The number of fused-ring (bicyclic) bond motifs is 1. The average molecular weight is 399 g/mol. The number of hydrogen-bond donors (Lipinski definition) is 0. The van der Waals surface area contributed by atoms with Crippen LogP contribution in [0, 0.1) is 5.82 Å². The van der Waals surface area contributed by atoms with Crippen molar-refractivity contribution >= 4 is 11.9 Å². The summed E-state index contributed by atoms with van der Waals surface area (Å²) in [5.74, 6) is -0.565. The van der Waals surface area contributed by atoms with Gasteiger partial charge in [-0.15, -0.1) is 0 Å². The van der Waals surface area contributed by atoms with E-state index in [2.05, 4.69) is 0 Å². The van der Waals surface area contributed by atoms with Crippen LogP contribution in [-0.2, 0) is 11.2 Å². The number of nitrogens with zero attached hydrogens (tertiary/aromatic N) is 1. The molecule has 0 N–H and O–H groups in total. The lowest BCUT2D eigenvalue weighted by Crippen LogP contribution is -2.42. The van der Waals surface area contributed by atoms with Crippen molar-refractivity contribution in [2.45, 2.75) is 32.3 Å². The monoisotopic (exact) mass is 399 g/mol. The number of amides is 1. The first-order chi connectivity index (χ1) is 13.8. The Morgan fingerprint density at radius 2 is 1.86 bits per heavy atom. The van der Waals surface area contributed by atoms with Crippen LogP contribution < -0.4 is 9.47 Å². The molecule has 2 aliphatic rings. The summed E-state index contributed by atoms with van der Waals surface area (Å²) in [6.07, 6.45) is 1.52. The molecule has 2 aromatic carbocycles. The molecular weight excluding hydrogens is 377 g/mol. The summed E-state index contributed by atoms with van der Waals surface area (Å²) in [5, 5.41) is 0. The Morgan fingerprint density at radius 1 is 1.10 bits per heavy atom. The summed E-state index contributed by atoms with van der Waals surface area (Å²) in [5.41, 5.74) is 0.820. The minimum absolute atomic E-state index is 0.0286. The molecule has 2 aliphatic heterocycles. The molecule has 2 heterocycles. The fourth-order valence-corrected chi connectivity index (χ4v) is 3.51. The number of benzene rings is 2. The second kappa shape index (κ2) is 7.06. The molecule has 152 valence electrons. The largest absolute Gasteiger partial charge is 0.487 e. The van der Waals surface area contributed by atoms with Crippen LogP contribution in [0.4, 0.5) is 4.39 Å². The fourth-order valence-electron chi connectivity index (χ4n) is 3.51. The van der Waals surface area contributed by atoms with Gasteiger partial charge in [-0.1, -0.05) is 0 Å². The van der Waals surface area contributed by atoms with Crippen molar-refractivity contribution in [2.24, 2.45) is 0 Å². The molecule has 0 aromatic heterocycles. The van der Waals surface area contributed by atoms with Gasteiger partial charge in [0.05, 0.1) is 12.7 Å². The standard InChI is InChI=1S/C22H22FNO5/c1-22(2)12-15-18(10-14(21(26)27-3)11-19(15)29-22)28-17-6-5-13(9-16(17)23)20(25)24-7-4-8-24/h5-6,9-11H,4,7-8,12H2,1-3H3. The van der Waals surface area contributed by atoms with Crippen LogP contribution in [0.15, 0.2) is 30.3 Å². The Kier molecular flexibility index (Phi) is 4.68. The number of methoxy groups -OCH3 is 1. The Morgan fingerprint density at radius 3 is 2.48 bits per heavy atom. The van der Waals surface area contributed by atoms with Gasteiger partial charge in [0.2, 0.25) is 0 Å². The topological polar surface area (TPSA) is 65.1 Å². The number of esters is 1. The minimum atomic E-state index is -0.647. The Balaban J connectivity index is 1.66. The van der Waals surface area contributed by atoms with E-state index in [0.717, 1.165) is 12.0 Å². The summed E-state index contributed by atoms with van der Waals surface area (Å²) in [4.78, 5) is 26.0. The van der Waals surface area contributed by atoms with E-state index in [-0.39, 0.29) is 22.8 Å². The summed E-state index contributed by atoms with van der Waals surface area (Å²) in [7, 11) is 1.29. The normalized spacial score (nSPS) is 16.5. The van der Waals surface area contributed by atoms with Crippen molar-refractivity contribution in [1.29, 1.82) is 0 Å². The van der Waals surface area contributed by atoms with Crippen molar-refractivity contribution in [3.8, 4) is 17.2 Å². The zero-order valence-corrected chi connectivity index (χ0v) is 16.6. The number of ether oxygens (including phenoxy) is 3. The first-order valence-corrected chi connectivity index (χ1v) is 9.48. The Hall–Kier alpha value is -3.09. The van der Waals surface area contributed by atoms with Crippen molar-refractivity contribution in [1.82, 2.24) is 4.90 Å². The van der Waals surface area contributed by atoms with Crippen molar-refractivity contribution in [3.63, 3.8) is 0 Å². The van der Waals surface area contributed by atoms with E-state index in [4.69, 9.17) is 14.2 Å². The molecule has 0 unspecified atom stereocenters. The summed E-state index contributed by atoms with van der Waals surface area (Å²) in [6.45, 7) is 5.23. The van der Waals surface area contributed by atoms with Crippen LogP contribution in [0.1, 0.15) is 46.5 Å². The van der Waals surface area contributed by atoms with Gasteiger partial charge in [-0.2, -0.15) is 0 Å². The van der Waals surface area contributed by atoms with Crippen molar-refractivity contribution < 1.29 is 28.2 Å². The van der Waals surface area contributed by atoms with Crippen LogP contribution in [0.5, 0.6) is 17.2 Å². The van der Waals surface area contributed by atoms with E-state index >= 15 is 0 Å². The second-order valence-corrected chi connectivity index (χ2v) is 7.87. The molecule has 0 bridgehead atoms. The van der Waals surface area contributed by atoms with E-state index < -0.39 is 17.4 Å².